The Morgan fingerprint density at radius 2 is 2.09 bits per heavy atom. The summed E-state index contributed by atoms with van der Waals surface area (Å²) in [6.45, 7) is 7.71. The fourth-order valence-electron chi connectivity index (χ4n) is 3.62. The summed E-state index contributed by atoms with van der Waals surface area (Å²) in [6.07, 6.45) is 1.46. The first-order valence-electron chi connectivity index (χ1n) is 8.04. The number of aromatic amines is 1. The summed E-state index contributed by atoms with van der Waals surface area (Å²) in [6, 6.07) is 5.38. The molecule has 5 nitrogen and oxygen atoms in total. The monoisotopic (exact) mass is 304 g/mol. The van der Waals surface area contributed by atoms with Crippen molar-refractivity contribution in [1.29, 1.82) is 0 Å². The molecule has 0 spiro atoms. The van der Waals surface area contributed by atoms with E-state index in [9.17, 15) is 9.90 Å². The molecular formula is C17H24N2O3. The molecule has 0 amide bonds. The molecule has 1 aromatic heterocycles. The molecule has 1 aliphatic heterocycles. The van der Waals surface area contributed by atoms with Crippen LogP contribution in [-0.4, -0.2) is 34.6 Å². The Morgan fingerprint density at radius 1 is 1.36 bits per heavy atom. The van der Waals surface area contributed by atoms with Crippen LogP contribution in [0.2, 0.25) is 0 Å². The van der Waals surface area contributed by atoms with Crippen molar-refractivity contribution < 1.29 is 9.52 Å². The van der Waals surface area contributed by atoms with Gasteiger partial charge in [0.05, 0.1) is 11.6 Å². The van der Waals surface area contributed by atoms with Crippen molar-refractivity contribution in [3.05, 3.63) is 34.3 Å². The van der Waals surface area contributed by atoms with Crippen LogP contribution in [0.1, 0.15) is 38.4 Å². The van der Waals surface area contributed by atoms with Crippen molar-refractivity contribution in [1.82, 2.24) is 9.88 Å². The number of hydrogen-bond donors (Lipinski definition) is 2. The van der Waals surface area contributed by atoms with Gasteiger partial charge in [0.15, 0.2) is 5.58 Å². The highest BCUT2D eigenvalue weighted by Crippen LogP contribution is 2.24. The van der Waals surface area contributed by atoms with Crippen molar-refractivity contribution in [2.75, 3.05) is 19.6 Å². The van der Waals surface area contributed by atoms with Crippen LogP contribution >= 0.6 is 0 Å². The molecule has 0 bridgehead atoms. The van der Waals surface area contributed by atoms with Crippen LogP contribution < -0.4 is 5.76 Å². The number of nitrogens with zero attached hydrogens (tertiary/aromatic N) is 1. The van der Waals surface area contributed by atoms with E-state index < -0.39 is 11.9 Å². The standard InChI is InChI=1S/C17H24N2O3/c1-11-7-12(2)10-19(9-11)6-5-15(20)13-3-4-14-16(8-13)22-17(21)18-14/h3-4,8,11-12,15,20H,5-7,9-10H2,1-2H3,(H,18,21). The van der Waals surface area contributed by atoms with Gasteiger partial charge in [-0.3, -0.25) is 4.98 Å². The van der Waals surface area contributed by atoms with Gasteiger partial charge in [0.2, 0.25) is 0 Å². The van der Waals surface area contributed by atoms with Gasteiger partial charge in [-0.15, -0.1) is 0 Å². The Balaban J connectivity index is 1.62. The summed E-state index contributed by atoms with van der Waals surface area (Å²) in [5, 5.41) is 10.4. The molecule has 1 fully saturated rings. The molecule has 0 saturated carbocycles. The molecule has 3 rings (SSSR count). The number of aliphatic hydroxyl groups is 1. The first kappa shape index (κ1) is 15.3. The number of H-pyrrole nitrogens is 1. The van der Waals surface area contributed by atoms with E-state index in [1.54, 1.807) is 12.1 Å². The Labute approximate surface area is 129 Å². The maximum atomic E-state index is 11.2. The Morgan fingerprint density at radius 3 is 2.82 bits per heavy atom. The van der Waals surface area contributed by atoms with Crippen LogP contribution in [0.15, 0.2) is 27.4 Å². The van der Waals surface area contributed by atoms with Gasteiger partial charge in [0.25, 0.3) is 0 Å². The molecule has 0 aliphatic carbocycles. The zero-order chi connectivity index (χ0) is 15.7. The predicted molar refractivity (Wildman–Crippen MR) is 85.8 cm³/mol. The first-order chi connectivity index (χ1) is 10.5. The fourth-order valence-corrected chi connectivity index (χ4v) is 3.62. The van der Waals surface area contributed by atoms with E-state index in [4.69, 9.17) is 4.42 Å². The second kappa shape index (κ2) is 6.26. The summed E-state index contributed by atoms with van der Waals surface area (Å²) >= 11 is 0. The number of hydrogen-bond acceptors (Lipinski definition) is 4. The molecule has 1 saturated heterocycles. The Bertz CT molecular complexity index is 681. The number of nitrogens with one attached hydrogen (secondary N) is 1. The van der Waals surface area contributed by atoms with E-state index >= 15 is 0 Å². The number of rotatable bonds is 4. The minimum atomic E-state index is -0.530. The quantitative estimate of drug-likeness (QED) is 0.910. The van der Waals surface area contributed by atoms with Gasteiger partial charge in [-0.25, -0.2) is 4.79 Å². The van der Waals surface area contributed by atoms with E-state index in [2.05, 4.69) is 23.7 Å². The van der Waals surface area contributed by atoms with Crippen molar-refractivity contribution in [2.45, 2.75) is 32.8 Å². The molecule has 1 aliphatic rings. The van der Waals surface area contributed by atoms with E-state index in [0.717, 1.165) is 37.0 Å². The highest BCUT2D eigenvalue weighted by Gasteiger charge is 2.22. The van der Waals surface area contributed by atoms with Crippen molar-refractivity contribution in [3.63, 3.8) is 0 Å². The molecule has 1 aromatic carbocycles. The van der Waals surface area contributed by atoms with Crippen molar-refractivity contribution in [3.8, 4) is 0 Å². The molecule has 2 heterocycles. The average molecular weight is 304 g/mol. The number of aliphatic hydroxyl groups excluding tert-OH is 1. The summed E-state index contributed by atoms with van der Waals surface area (Å²) in [5.74, 6) is 0.996. The lowest BCUT2D eigenvalue weighted by Gasteiger charge is -2.35. The van der Waals surface area contributed by atoms with Crippen LogP contribution in [0.3, 0.4) is 0 Å². The van der Waals surface area contributed by atoms with Gasteiger partial charge in [-0.05, 0) is 42.4 Å². The maximum Gasteiger partial charge on any atom is 0.417 e. The third kappa shape index (κ3) is 3.42. The van der Waals surface area contributed by atoms with Crippen molar-refractivity contribution >= 4 is 11.1 Å². The average Bonchev–Trinajstić information content (AvgIpc) is 2.82. The Hall–Kier alpha value is -1.59. The predicted octanol–water partition coefficient (Wildman–Crippen LogP) is 2.52. The molecular weight excluding hydrogens is 280 g/mol. The van der Waals surface area contributed by atoms with Crippen LogP contribution in [0.4, 0.5) is 0 Å². The van der Waals surface area contributed by atoms with Gasteiger partial charge in [0.1, 0.15) is 0 Å². The molecule has 2 aromatic rings. The van der Waals surface area contributed by atoms with E-state index in [-0.39, 0.29) is 0 Å². The zero-order valence-electron chi connectivity index (χ0n) is 13.2. The van der Waals surface area contributed by atoms with Gasteiger partial charge in [-0.2, -0.15) is 0 Å². The zero-order valence-corrected chi connectivity index (χ0v) is 13.2. The lowest BCUT2D eigenvalue weighted by molar-refractivity contribution is 0.103. The summed E-state index contributed by atoms with van der Waals surface area (Å²) in [4.78, 5) is 16.2. The fraction of sp³-hybridized carbons (Fsp3) is 0.588. The van der Waals surface area contributed by atoms with Gasteiger partial charge in [0, 0.05) is 19.6 Å². The second-order valence-electron chi connectivity index (χ2n) is 6.78. The second-order valence-corrected chi connectivity index (χ2v) is 6.78. The van der Waals surface area contributed by atoms with Gasteiger partial charge >= 0.3 is 5.76 Å². The molecule has 5 heteroatoms. The van der Waals surface area contributed by atoms with Gasteiger partial charge < -0.3 is 14.4 Å². The highest BCUT2D eigenvalue weighted by molar-refractivity contribution is 5.72. The van der Waals surface area contributed by atoms with E-state index in [1.807, 2.05) is 6.07 Å². The Kier molecular flexibility index (Phi) is 4.36. The minimum Gasteiger partial charge on any atom is -0.408 e. The SMILES string of the molecule is CC1CC(C)CN(CCC(O)c2ccc3[nH]c(=O)oc3c2)C1. The topological polar surface area (TPSA) is 69.5 Å². The summed E-state index contributed by atoms with van der Waals surface area (Å²) in [5.41, 5.74) is 1.97. The van der Waals surface area contributed by atoms with Crippen molar-refractivity contribution in [2.24, 2.45) is 11.8 Å². The number of piperidine rings is 1. The normalized spacial score (nSPS) is 24.7. The third-order valence-electron chi connectivity index (χ3n) is 4.49. The van der Waals surface area contributed by atoms with Gasteiger partial charge in [-0.1, -0.05) is 19.9 Å². The lowest BCUT2D eigenvalue weighted by Crippen LogP contribution is -2.39. The minimum absolute atomic E-state index is 0.460. The van der Waals surface area contributed by atoms with E-state index in [1.165, 1.54) is 6.42 Å². The molecule has 3 atom stereocenters. The van der Waals surface area contributed by atoms with Crippen LogP contribution in [0.5, 0.6) is 0 Å². The van der Waals surface area contributed by atoms with Crippen LogP contribution in [-0.2, 0) is 0 Å². The molecule has 22 heavy (non-hydrogen) atoms. The maximum absolute atomic E-state index is 11.2. The lowest BCUT2D eigenvalue weighted by atomic mass is 9.91. The molecule has 0 radical (unpaired) electrons. The summed E-state index contributed by atoms with van der Waals surface area (Å²) in [7, 11) is 0. The highest BCUT2D eigenvalue weighted by atomic mass is 16.4. The molecule has 2 N–H and O–H groups in total. The van der Waals surface area contributed by atoms with Crippen LogP contribution in [0.25, 0.3) is 11.1 Å². The largest absolute Gasteiger partial charge is 0.417 e. The first-order valence-corrected chi connectivity index (χ1v) is 8.04. The summed E-state index contributed by atoms with van der Waals surface area (Å²) < 4.78 is 5.05. The molecule has 3 unspecified atom stereocenters. The van der Waals surface area contributed by atoms with E-state index in [0.29, 0.717) is 17.5 Å². The number of oxazole rings is 1. The number of fused-ring (bicyclic) bond motifs is 1. The number of benzene rings is 1. The smallest absolute Gasteiger partial charge is 0.408 e. The number of aromatic nitrogens is 1. The number of likely N-dealkylation sites (tertiary alicyclic amines) is 1. The van der Waals surface area contributed by atoms with Crippen LogP contribution in [0, 0.1) is 11.8 Å². The third-order valence-corrected chi connectivity index (χ3v) is 4.49. The molecule has 120 valence electrons.